The van der Waals surface area contributed by atoms with Gasteiger partial charge in [0, 0.05) is 31.4 Å². The Morgan fingerprint density at radius 2 is 1.85 bits per heavy atom. The number of nitrogens with zero attached hydrogens (tertiary/aromatic N) is 7. The van der Waals surface area contributed by atoms with Crippen LogP contribution in [0.5, 0.6) is 6.01 Å². The minimum absolute atomic E-state index is 0.162. The Morgan fingerprint density at radius 3 is 2.46 bits per heavy atom. The van der Waals surface area contributed by atoms with Crippen molar-refractivity contribution in [3.8, 4) is 6.01 Å². The molecule has 0 bridgehead atoms. The van der Waals surface area contributed by atoms with Crippen molar-refractivity contribution in [2.75, 3.05) is 30.0 Å². The highest BCUT2D eigenvalue weighted by atomic mass is 16.5. The van der Waals surface area contributed by atoms with Crippen molar-refractivity contribution in [1.29, 1.82) is 0 Å². The lowest BCUT2D eigenvalue weighted by atomic mass is 10.1. The van der Waals surface area contributed by atoms with Crippen molar-refractivity contribution >= 4 is 11.8 Å². The number of ether oxygens (including phenoxy) is 1. The van der Waals surface area contributed by atoms with Crippen molar-refractivity contribution < 1.29 is 9.84 Å². The summed E-state index contributed by atoms with van der Waals surface area (Å²) < 4.78 is 5.18. The second kappa shape index (κ2) is 7.36. The minimum Gasteiger partial charge on any atom is -0.467 e. The Bertz CT molecular complexity index is 759. The van der Waals surface area contributed by atoms with Gasteiger partial charge in [-0.25, -0.2) is 9.97 Å². The highest BCUT2D eigenvalue weighted by molar-refractivity contribution is 5.45. The van der Waals surface area contributed by atoms with Crippen LogP contribution in [0.25, 0.3) is 0 Å². The number of hydrogen-bond acceptors (Lipinski definition) is 9. The first-order chi connectivity index (χ1) is 12.4. The van der Waals surface area contributed by atoms with Crippen molar-refractivity contribution in [3.05, 3.63) is 23.9 Å². The van der Waals surface area contributed by atoms with Crippen LogP contribution in [0.4, 0.5) is 11.8 Å². The van der Waals surface area contributed by atoms with Crippen LogP contribution in [0.2, 0.25) is 0 Å². The molecule has 3 rings (SSSR count). The molecule has 2 aromatic rings. The number of aryl methyl sites for hydroxylation is 1. The maximum atomic E-state index is 9.73. The van der Waals surface area contributed by atoms with Gasteiger partial charge >= 0.3 is 6.01 Å². The minimum atomic E-state index is -0.688. The van der Waals surface area contributed by atoms with Gasteiger partial charge in [0.1, 0.15) is 17.7 Å². The Kier molecular flexibility index (Phi) is 5.17. The summed E-state index contributed by atoms with van der Waals surface area (Å²) in [5, 5.41) is 9.73. The van der Waals surface area contributed by atoms with Crippen LogP contribution in [-0.2, 0) is 0 Å². The molecule has 26 heavy (non-hydrogen) atoms. The van der Waals surface area contributed by atoms with Crippen LogP contribution in [0.1, 0.15) is 38.5 Å². The van der Waals surface area contributed by atoms with Gasteiger partial charge in [0.05, 0.1) is 7.11 Å². The Balaban J connectivity index is 1.84. The van der Waals surface area contributed by atoms with Gasteiger partial charge in [0.15, 0.2) is 5.82 Å². The van der Waals surface area contributed by atoms with Crippen molar-refractivity contribution in [2.24, 2.45) is 0 Å². The fraction of sp³-hybridized carbons (Fsp3) is 0.588. The van der Waals surface area contributed by atoms with Crippen molar-refractivity contribution in [3.63, 3.8) is 0 Å². The van der Waals surface area contributed by atoms with Crippen LogP contribution >= 0.6 is 0 Å². The molecule has 1 fully saturated rings. The normalized spacial score (nSPS) is 21.6. The lowest BCUT2D eigenvalue weighted by Crippen LogP contribution is -2.58. The standard InChI is InChI=1S/C17H25N7O2/c1-10-8-23(14-6-7-18-15(21-14)12(3)25)9-11(2)24(10)16-19-13(4)20-17(22-16)26-5/h6-7,10-12,25H,8-9H2,1-5H3/t10-,11+,12-/m1/s1. The summed E-state index contributed by atoms with van der Waals surface area (Å²) >= 11 is 0. The molecule has 3 heterocycles. The maximum Gasteiger partial charge on any atom is 0.321 e. The molecule has 0 spiro atoms. The maximum absolute atomic E-state index is 9.73. The van der Waals surface area contributed by atoms with Gasteiger partial charge in [-0.15, -0.1) is 0 Å². The molecule has 9 heteroatoms. The topological polar surface area (TPSA) is 100 Å². The summed E-state index contributed by atoms with van der Waals surface area (Å²) in [6.07, 6.45) is 0.999. The predicted molar refractivity (Wildman–Crippen MR) is 97.4 cm³/mol. The predicted octanol–water partition coefficient (Wildman–Crippen LogP) is 1.14. The summed E-state index contributed by atoms with van der Waals surface area (Å²) in [4.78, 5) is 26.1. The first kappa shape index (κ1) is 18.2. The van der Waals surface area contributed by atoms with Gasteiger partial charge < -0.3 is 19.6 Å². The number of rotatable bonds is 4. The van der Waals surface area contributed by atoms with Gasteiger partial charge in [0.25, 0.3) is 0 Å². The fourth-order valence-corrected chi connectivity index (χ4v) is 3.30. The molecule has 140 valence electrons. The van der Waals surface area contributed by atoms with E-state index in [0.717, 1.165) is 18.9 Å². The second-order valence-electron chi connectivity index (χ2n) is 6.63. The van der Waals surface area contributed by atoms with Crippen molar-refractivity contribution in [2.45, 2.75) is 45.9 Å². The lowest BCUT2D eigenvalue weighted by molar-refractivity contribution is 0.189. The van der Waals surface area contributed by atoms with Crippen molar-refractivity contribution in [1.82, 2.24) is 24.9 Å². The number of piperazine rings is 1. The van der Waals surface area contributed by atoms with Crippen LogP contribution < -0.4 is 14.5 Å². The number of hydrogen-bond donors (Lipinski definition) is 1. The summed E-state index contributed by atoms with van der Waals surface area (Å²) in [5.74, 6) is 2.51. The van der Waals surface area contributed by atoms with E-state index < -0.39 is 6.10 Å². The van der Waals surface area contributed by atoms with Gasteiger partial charge in [0.2, 0.25) is 5.95 Å². The molecule has 0 amide bonds. The quantitative estimate of drug-likeness (QED) is 0.861. The summed E-state index contributed by atoms with van der Waals surface area (Å²) in [6, 6.07) is 2.52. The molecule has 2 aromatic heterocycles. The lowest BCUT2D eigenvalue weighted by Gasteiger charge is -2.44. The Hall–Kier alpha value is -2.55. The zero-order valence-corrected chi connectivity index (χ0v) is 15.8. The van der Waals surface area contributed by atoms with Gasteiger partial charge in [-0.1, -0.05) is 0 Å². The molecule has 0 unspecified atom stereocenters. The van der Waals surface area contributed by atoms with E-state index in [2.05, 4.69) is 48.6 Å². The third-order valence-corrected chi connectivity index (χ3v) is 4.40. The van der Waals surface area contributed by atoms with Crippen LogP contribution in [-0.4, -0.2) is 62.3 Å². The van der Waals surface area contributed by atoms with Crippen LogP contribution in [0.15, 0.2) is 12.3 Å². The highest BCUT2D eigenvalue weighted by Crippen LogP contribution is 2.25. The first-order valence-corrected chi connectivity index (χ1v) is 8.70. The number of anilines is 2. The highest BCUT2D eigenvalue weighted by Gasteiger charge is 2.32. The zero-order chi connectivity index (χ0) is 18.8. The molecule has 1 aliphatic heterocycles. The second-order valence-corrected chi connectivity index (χ2v) is 6.63. The fourth-order valence-electron chi connectivity index (χ4n) is 3.30. The van der Waals surface area contributed by atoms with E-state index in [1.165, 1.54) is 0 Å². The molecular formula is C17H25N7O2. The van der Waals surface area contributed by atoms with E-state index in [4.69, 9.17) is 4.74 Å². The van der Waals surface area contributed by atoms with E-state index in [0.29, 0.717) is 23.6 Å². The van der Waals surface area contributed by atoms with E-state index >= 15 is 0 Å². The number of aromatic nitrogens is 5. The zero-order valence-electron chi connectivity index (χ0n) is 15.8. The Labute approximate surface area is 153 Å². The third-order valence-electron chi connectivity index (χ3n) is 4.40. The molecule has 1 aliphatic rings. The average molecular weight is 359 g/mol. The average Bonchev–Trinajstić information content (AvgIpc) is 2.60. The van der Waals surface area contributed by atoms with E-state index in [1.54, 1.807) is 20.2 Å². The summed E-state index contributed by atoms with van der Waals surface area (Å²) in [5.41, 5.74) is 0. The first-order valence-electron chi connectivity index (χ1n) is 8.70. The molecule has 0 aliphatic carbocycles. The number of aliphatic hydroxyl groups excluding tert-OH is 1. The molecule has 0 aromatic carbocycles. The molecule has 1 saturated heterocycles. The van der Waals surface area contributed by atoms with E-state index in [-0.39, 0.29) is 12.1 Å². The SMILES string of the molecule is COc1nc(C)nc(N2[C@H](C)CN(c3ccnc([C@@H](C)O)n3)C[C@@H]2C)n1. The van der Waals surface area contributed by atoms with E-state index in [1.807, 2.05) is 13.0 Å². The smallest absolute Gasteiger partial charge is 0.321 e. The molecular weight excluding hydrogens is 334 g/mol. The van der Waals surface area contributed by atoms with Crippen LogP contribution in [0, 0.1) is 6.92 Å². The van der Waals surface area contributed by atoms with Gasteiger partial charge in [-0.05, 0) is 33.8 Å². The summed E-state index contributed by atoms with van der Waals surface area (Å²) in [7, 11) is 1.55. The largest absolute Gasteiger partial charge is 0.467 e. The number of aliphatic hydroxyl groups is 1. The van der Waals surface area contributed by atoms with Gasteiger partial charge in [-0.3, -0.25) is 0 Å². The monoisotopic (exact) mass is 359 g/mol. The Morgan fingerprint density at radius 1 is 1.15 bits per heavy atom. The molecule has 3 atom stereocenters. The molecule has 0 saturated carbocycles. The van der Waals surface area contributed by atoms with Gasteiger partial charge in [-0.2, -0.15) is 15.0 Å². The third kappa shape index (κ3) is 3.67. The molecule has 9 nitrogen and oxygen atoms in total. The molecule has 1 N–H and O–H groups in total. The number of methoxy groups -OCH3 is 1. The molecule has 0 radical (unpaired) electrons. The summed E-state index contributed by atoms with van der Waals surface area (Å²) in [6.45, 7) is 9.27. The van der Waals surface area contributed by atoms with E-state index in [9.17, 15) is 5.11 Å². The van der Waals surface area contributed by atoms with Crippen LogP contribution in [0.3, 0.4) is 0 Å².